The number of halogens is 1. The van der Waals surface area contributed by atoms with E-state index in [-0.39, 0.29) is 11.8 Å². The lowest BCUT2D eigenvalue weighted by Crippen LogP contribution is -2.31. The molecule has 0 bridgehead atoms. The maximum absolute atomic E-state index is 12.1. The highest BCUT2D eigenvalue weighted by Gasteiger charge is 2.15. The number of alkyl halides is 1. The van der Waals surface area contributed by atoms with Gasteiger partial charge in [0, 0.05) is 11.4 Å². The topological polar surface area (TPSA) is 66.5 Å². The third-order valence-corrected chi connectivity index (χ3v) is 3.92. The number of nitrogens with one attached hydrogen (secondary N) is 1. The second-order valence-corrected chi connectivity index (χ2v) is 7.04. The molecule has 5 nitrogen and oxygen atoms in total. The van der Waals surface area contributed by atoms with Gasteiger partial charge in [0.2, 0.25) is 15.9 Å². The van der Waals surface area contributed by atoms with Gasteiger partial charge < -0.3 is 4.90 Å². The lowest BCUT2D eigenvalue weighted by molar-refractivity contribution is -0.116. The highest BCUT2D eigenvalue weighted by atomic mass is 35.5. The van der Waals surface area contributed by atoms with Gasteiger partial charge >= 0.3 is 0 Å². The summed E-state index contributed by atoms with van der Waals surface area (Å²) in [5.41, 5.74) is 2.07. The molecule has 0 atom stereocenters. The molecule has 1 amide bonds. The van der Waals surface area contributed by atoms with Crippen LogP contribution < -0.4 is 9.62 Å². The minimum atomic E-state index is -3.33. The summed E-state index contributed by atoms with van der Waals surface area (Å²) in [6, 6.07) is 16.1. The average molecular weight is 353 g/mol. The molecule has 122 valence electrons. The quantitative estimate of drug-likeness (QED) is 0.813. The van der Waals surface area contributed by atoms with Crippen molar-refractivity contribution in [2.45, 2.75) is 6.54 Å². The summed E-state index contributed by atoms with van der Waals surface area (Å²) in [6.45, 7) is 0.394. The largest absolute Gasteiger partial charge is 0.307 e. The first-order valence-corrected chi connectivity index (χ1v) is 9.30. The number of carbonyl (C=O) groups is 1. The molecule has 23 heavy (non-hydrogen) atoms. The molecule has 0 saturated carbocycles. The normalized spacial score (nSPS) is 11.0. The zero-order valence-electron chi connectivity index (χ0n) is 12.6. The van der Waals surface area contributed by atoms with E-state index in [0.29, 0.717) is 17.9 Å². The summed E-state index contributed by atoms with van der Waals surface area (Å²) in [5.74, 6) is -0.352. The molecule has 2 rings (SSSR count). The number of hydrogen-bond donors (Lipinski definition) is 1. The second-order valence-electron chi connectivity index (χ2n) is 5.02. The molecule has 0 spiro atoms. The number of rotatable bonds is 6. The van der Waals surface area contributed by atoms with Crippen LogP contribution in [0.3, 0.4) is 0 Å². The summed E-state index contributed by atoms with van der Waals surface area (Å²) in [5, 5.41) is 0. The maximum atomic E-state index is 12.1. The third kappa shape index (κ3) is 5.26. The van der Waals surface area contributed by atoms with Crippen molar-refractivity contribution in [1.82, 2.24) is 0 Å². The number of hydrogen-bond acceptors (Lipinski definition) is 3. The van der Waals surface area contributed by atoms with Crippen LogP contribution in [0.1, 0.15) is 5.56 Å². The summed E-state index contributed by atoms with van der Waals surface area (Å²) in [7, 11) is -3.33. The minimum absolute atomic E-state index is 0.129. The maximum Gasteiger partial charge on any atom is 0.242 e. The Morgan fingerprint density at radius 3 is 2.22 bits per heavy atom. The standard InChI is InChI=1S/C16H17ClN2O3S/c1-23(21,22)18-14-7-9-15(10-8-14)19(16(20)11-17)12-13-5-3-2-4-6-13/h2-10,18H,11-12H2,1H3. The second kappa shape index (κ2) is 7.48. The zero-order chi connectivity index (χ0) is 16.9. The number of anilines is 2. The van der Waals surface area contributed by atoms with Crippen LogP contribution in [0.5, 0.6) is 0 Å². The molecule has 0 fully saturated rings. The van der Waals surface area contributed by atoms with Crippen LogP contribution in [0.15, 0.2) is 54.6 Å². The molecule has 0 aliphatic rings. The van der Waals surface area contributed by atoms with E-state index in [2.05, 4.69) is 4.72 Å². The Morgan fingerprint density at radius 2 is 1.70 bits per heavy atom. The number of carbonyl (C=O) groups excluding carboxylic acids is 1. The highest BCUT2D eigenvalue weighted by molar-refractivity contribution is 7.92. The Labute approximate surface area is 140 Å². The fourth-order valence-corrected chi connectivity index (χ4v) is 2.79. The van der Waals surface area contributed by atoms with Gasteiger partial charge in [-0.1, -0.05) is 30.3 Å². The number of nitrogens with zero attached hydrogens (tertiary/aromatic N) is 1. The van der Waals surface area contributed by atoms with E-state index in [9.17, 15) is 13.2 Å². The van der Waals surface area contributed by atoms with Gasteiger partial charge in [-0.15, -0.1) is 11.6 Å². The van der Waals surface area contributed by atoms with Crippen LogP contribution in [0.25, 0.3) is 0 Å². The highest BCUT2D eigenvalue weighted by Crippen LogP contribution is 2.21. The van der Waals surface area contributed by atoms with Crippen molar-refractivity contribution in [1.29, 1.82) is 0 Å². The van der Waals surface area contributed by atoms with Gasteiger partial charge in [0.15, 0.2) is 0 Å². The van der Waals surface area contributed by atoms with Crippen molar-refractivity contribution >= 4 is 38.9 Å². The molecule has 0 unspecified atom stereocenters. The molecule has 0 aromatic heterocycles. The van der Waals surface area contributed by atoms with Crippen molar-refractivity contribution in [3.63, 3.8) is 0 Å². The Kier molecular flexibility index (Phi) is 5.63. The first-order valence-electron chi connectivity index (χ1n) is 6.87. The number of sulfonamides is 1. The van der Waals surface area contributed by atoms with Crippen molar-refractivity contribution in [3.05, 3.63) is 60.2 Å². The smallest absolute Gasteiger partial charge is 0.242 e. The van der Waals surface area contributed by atoms with E-state index >= 15 is 0 Å². The van der Waals surface area contributed by atoms with Crippen LogP contribution >= 0.6 is 11.6 Å². The van der Waals surface area contributed by atoms with Crippen LogP contribution in [-0.4, -0.2) is 26.5 Å². The van der Waals surface area contributed by atoms with Crippen LogP contribution in [0, 0.1) is 0 Å². The van der Waals surface area contributed by atoms with Gasteiger partial charge in [-0.3, -0.25) is 9.52 Å². The molecule has 0 heterocycles. The van der Waals surface area contributed by atoms with Gasteiger partial charge in [-0.25, -0.2) is 8.42 Å². The molecule has 0 aliphatic carbocycles. The van der Waals surface area contributed by atoms with Gasteiger partial charge in [-0.05, 0) is 29.8 Å². The zero-order valence-corrected chi connectivity index (χ0v) is 14.1. The summed E-state index contributed by atoms with van der Waals surface area (Å²) < 4.78 is 24.8. The Bertz CT molecular complexity index is 762. The number of amides is 1. The predicted molar refractivity (Wildman–Crippen MR) is 93.3 cm³/mol. The van der Waals surface area contributed by atoms with E-state index in [4.69, 9.17) is 11.6 Å². The molecule has 7 heteroatoms. The molecule has 0 radical (unpaired) electrons. The molecule has 1 N–H and O–H groups in total. The van der Waals surface area contributed by atoms with E-state index in [0.717, 1.165) is 11.8 Å². The van der Waals surface area contributed by atoms with Crippen molar-refractivity contribution in [3.8, 4) is 0 Å². The molecule has 2 aromatic rings. The first kappa shape index (κ1) is 17.3. The van der Waals surface area contributed by atoms with Gasteiger partial charge in [0.1, 0.15) is 5.88 Å². The van der Waals surface area contributed by atoms with Crippen molar-refractivity contribution < 1.29 is 13.2 Å². The summed E-state index contributed by atoms with van der Waals surface area (Å²) in [6.07, 6.45) is 1.08. The summed E-state index contributed by atoms with van der Waals surface area (Å²) in [4.78, 5) is 13.7. The Hall–Kier alpha value is -2.05. The minimum Gasteiger partial charge on any atom is -0.307 e. The fourth-order valence-electron chi connectivity index (χ4n) is 2.09. The Balaban J connectivity index is 2.24. The fraction of sp³-hybridized carbons (Fsp3) is 0.188. The first-order chi connectivity index (χ1) is 10.9. The molecular formula is C16H17ClN2O3S. The summed E-state index contributed by atoms with van der Waals surface area (Å²) >= 11 is 5.70. The molecule has 2 aromatic carbocycles. The monoisotopic (exact) mass is 352 g/mol. The van der Waals surface area contributed by atoms with Crippen molar-refractivity contribution in [2.24, 2.45) is 0 Å². The predicted octanol–water partition coefficient (Wildman–Crippen LogP) is 2.83. The van der Waals surface area contributed by atoms with Gasteiger partial charge in [-0.2, -0.15) is 0 Å². The molecule has 0 saturated heterocycles. The van der Waals surface area contributed by atoms with E-state index in [1.165, 1.54) is 0 Å². The van der Waals surface area contributed by atoms with E-state index in [1.807, 2.05) is 30.3 Å². The SMILES string of the molecule is CS(=O)(=O)Nc1ccc(N(Cc2ccccc2)C(=O)CCl)cc1. The van der Waals surface area contributed by atoms with E-state index in [1.54, 1.807) is 29.2 Å². The third-order valence-electron chi connectivity index (χ3n) is 3.08. The Morgan fingerprint density at radius 1 is 1.09 bits per heavy atom. The van der Waals surface area contributed by atoms with Crippen LogP contribution in [0.4, 0.5) is 11.4 Å². The number of benzene rings is 2. The lowest BCUT2D eigenvalue weighted by atomic mass is 10.2. The van der Waals surface area contributed by atoms with Crippen molar-refractivity contribution in [2.75, 3.05) is 21.8 Å². The van der Waals surface area contributed by atoms with Crippen LogP contribution in [-0.2, 0) is 21.4 Å². The van der Waals surface area contributed by atoms with Crippen LogP contribution in [0.2, 0.25) is 0 Å². The molecular weight excluding hydrogens is 336 g/mol. The van der Waals surface area contributed by atoms with E-state index < -0.39 is 10.0 Å². The van der Waals surface area contributed by atoms with Gasteiger partial charge in [0.05, 0.1) is 12.8 Å². The molecule has 0 aliphatic heterocycles. The average Bonchev–Trinajstić information content (AvgIpc) is 2.52. The van der Waals surface area contributed by atoms with Gasteiger partial charge in [0.25, 0.3) is 0 Å². The lowest BCUT2D eigenvalue weighted by Gasteiger charge is -2.22.